The maximum Gasteiger partial charge on any atom is 0.111 e. The van der Waals surface area contributed by atoms with Crippen LogP contribution in [0.25, 0.3) is 0 Å². The summed E-state index contributed by atoms with van der Waals surface area (Å²) in [6, 6.07) is 1.70. The van der Waals surface area contributed by atoms with E-state index in [4.69, 9.17) is 11.0 Å². The first kappa shape index (κ1) is 5.70. The van der Waals surface area contributed by atoms with Gasteiger partial charge in [-0.15, -0.1) is 0 Å². The molecule has 0 spiro atoms. The normalized spacial score (nSPS) is 10.1. The summed E-state index contributed by atoms with van der Waals surface area (Å²) in [5, 5.41) is 7.82. The molecule has 0 unspecified atom stereocenters. The molecule has 0 bridgehead atoms. The zero-order chi connectivity index (χ0) is 5.54. The second-order valence-electron chi connectivity index (χ2n) is 0.749. The SMILES string of the molecule is N#CC=NC=CN. The van der Waals surface area contributed by atoms with Crippen molar-refractivity contribution in [3.8, 4) is 6.07 Å². The van der Waals surface area contributed by atoms with E-state index in [1.54, 1.807) is 6.07 Å². The Balaban J connectivity index is 3.33. The maximum atomic E-state index is 7.82. The smallest absolute Gasteiger partial charge is 0.111 e. The average molecular weight is 95.1 g/mol. The Labute approximate surface area is 41.8 Å². The molecule has 0 rings (SSSR count). The van der Waals surface area contributed by atoms with Gasteiger partial charge in [-0.25, -0.2) is 0 Å². The van der Waals surface area contributed by atoms with E-state index in [2.05, 4.69) is 4.99 Å². The minimum absolute atomic E-state index is 1.10. The van der Waals surface area contributed by atoms with Crippen LogP contribution in [0, 0.1) is 11.3 Å². The van der Waals surface area contributed by atoms with E-state index in [1.807, 2.05) is 0 Å². The molecule has 0 aromatic rings. The predicted octanol–water partition coefficient (Wildman–Crippen LogP) is 0.0107. The minimum atomic E-state index is 1.10. The van der Waals surface area contributed by atoms with Gasteiger partial charge in [-0.1, -0.05) is 0 Å². The Morgan fingerprint density at radius 2 is 2.43 bits per heavy atom. The molecule has 0 amide bonds. The van der Waals surface area contributed by atoms with Gasteiger partial charge in [0.25, 0.3) is 0 Å². The largest absolute Gasteiger partial charge is 0.403 e. The van der Waals surface area contributed by atoms with Crippen molar-refractivity contribution < 1.29 is 0 Å². The number of nitriles is 1. The Hall–Kier alpha value is -1.30. The van der Waals surface area contributed by atoms with Crippen molar-refractivity contribution in [3.63, 3.8) is 0 Å². The van der Waals surface area contributed by atoms with Gasteiger partial charge in [-0.3, -0.25) is 4.99 Å². The van der Waals surface area contributed by atoms with E-state index in [1.165, 1.54) is 12.4 Å². The van der Waals surface area contributed by atoms with Gasteiger partial charge >= 0.3 is 0 Å². The molecular formula is C4H5N3. The van der Waals surface area contributed by atoms with Crippen molar-refractivity contribution in [1.29, 1.82) is 5.26 Å². The van der Waals surface area contributed by atoms with E-state index in [-0.39, 0.29) is 0 Å². The molecule has 36 valence electrons. The molecule has 3 heteroatoms. The Bertz CT molecular complexity index is 117. The number of hydrogen-bond donors (Lipinski definition) is 1. The van der Waals surface area contributed by atoms with Gasteiger partial charge < -0.3 is 5.73 Å². The molecule has 0 aliphatic rings. The lowest BCUT2D eigenvalue weighted by atomic mass is 10.8. The molecule has 0 atom stereocenters. The third kappa shape index (κ3) is 4.70. The molecule has 0 aromatic carbocycles. The van der Waals surface area contributed by atoms with Gasteiger partial charge in [0.2, 0.25) is 0 Å². The van der Waals surface area contributed by atoms with Gasteiger partial charge in [0.1, 0.15) is 12.3 Å². The Morgan fingerprint density at radius 1 is 1.71 bits per heavy atom. The maximum absolute atomic E-state index is 7.82. The second kappa shape index (κ2) is 4.70. The van der Waals surface area contributed by atoms with Crippen molar-refractivity contribution in [3.05, 3.63) is 12.4 Å². The fourth-order valence-electron chi connectivity index (χ4n) is 0.126. The highest BCUT2D eigenvalue weighted by Gasteiger charge is 1.54. The van der Waals surface area contributed by atoms with E-state index >= 15 is 0 Å². The van der Waals surface area contributed by atoms with Crippen LogP contribution >= 0.6 is 0 Å². The first-order valence-electron chi connectivity index (χ1n) is 1.70. The van der Waals surface area contributed by atoms with Crippen LogP contribution in [0.5, 0.6) is 0 Å². The summed E-state index contributed by atoms with van der Waals surface area (Å²) in [5.41, 5.74) is 4.87. The molecule has 7 heavy (non-hydrogen) atoms. The summed E-state index contributed by atoms with van der Waals surface area (Å²) in [7, 11) is 0. The summed E-state index contributed by atoms with van der Waals surface area (Å²) >= 11 is 0. The van der Waals surface area contributed by atoms with E-state index in [0.29, 0.717) is 0 Å². The number of hydrogen-bond acceptors (Lipinski definition) is 3. The minimum Gasteiger partial charge on any atom is -0.403 e. The lowest BCUT2D eigenvalue weighted by Gasteiger charge is -1.64. The van der Waals surface area contributed by atoms with Crippen molar-refractivity contribution in [2.75, 3.05) is 0 Å². The third-order valence-corrected chi connectivity index (χ3v) is 0.304. The van der Waals surface area contributed by atoms with Crippen molar-refractivity contribution in [2.45, 2.75) is 0 Å². The van der Waals surface area contributed by atoms with Gasteiger partial charge in [-0.05, 0) is 0 Å². The highest BCUT2D eigenvalue weighted by molar-refractivity contribution is 5.75. The molecule has 2 N–H and O–H groups in total. The fraction of sp³-hybridized carbons (Fsp3) is 0. The predicted molar refractivity (Wildman–Crippen MR) is 27.4 cm³/mol. The van der Waals surface area contributed by atoms with Crippen LogP contribution in [-0.4, -0.2) is 6.21 Å². The zero-order valence-electron chi connectivity index (χ0n) is 3.70. The van der Waals surface area contributed by atoms with Gasteiger partial charge in [0, 0.05) is 12.4 Å². The number of nitrogens with two attached hydrogens (primary N) is 1. The summed E-state index contributed by atoms with van der Waals surface area (Å²) in [6.45, 7) is 0. The van der Waals surface area contributed by atoms with Crippen LogP contribution in [-0.2, 0) is 0 Å². The van der Waals surface area contributed by atoms with Crippen LogP contribution in [0.4, 0.5) is 0 Å². The molecule has 0 aliphatic heterocycles. The second-order valence-corrected chi connectivity index (χ2v) is 0.749. The first-order valence-corrected chi connectivity index (χ1v) is 1.70. The van der Waals surface area contributed by atoms with Crippen molar-refractivity contribution in [2.24, 2.45) is 10.7 Å². The highest BCUT2D eigenvalue weighted by Crippen LogP contribution is 1.62. The summed E-state index contributed by atoms with van der Waals surface area (Å²) in [4.78, 5) is 3.42. The standard InChI is InChI=1S/C4H5N3/c5-1-3-7-4-2-6/h1,3-4H,5H2. The fourth-order valence-corrected chi connectivity index (χ4v) is 0.126. The lowest BCUT2D eigenvalue weighted by Crippen LogP contribution is -1.72. The summed E-state index contributed by atoms with van der Waals surface area (Å²) in [6.07, 6.45) is 3.69. The van der Waals surface area contributed by atoms with Gasteiger partial charge in [0.15, 0.2) is 0 Å². The van der Waals surface area contributed by atoms with Crippen molar-refractivity contribution >= 4 is 6.21 Å². The number of rotatable bonds is 1. The monoisotopic (exact) mass is 95.0 g/mol. The first-order chi connectivity index (χ1) is 3.41. The van der Waals surface area contributed by atoms with Crippen LogP contribution in [0.3, 0.4) is 0 Å². The Kier molecular flexibility index (Phi) is 3.83. The third-order valence-electron chi connectivity index (χ3n) is 0.304. The Morgan fingerprint density at radius 3 is 2.86 bits per heavy atom. The average Bonchev–Trinajstić information content (AvgIpc) is 1.69. The number of nitrogens with zero attached hydrogens (tertiary/aromatic N) is 2. The van der Waals surface area contributed by atoms with Gasteiger partial charge in [-0.2, -0.15) is 5.26 Å². The van der Waals surface area contributed by atoms with Crippen LogP contribution in [0.15, 0.2) is 17.4 Å². The molecular weight excluding hydrogens is 90.1 g/mol. The molecule has 0 fully saturated rings. The van der Waals surface area contributed by atoms with E-state index in [0.717, 1.165) is 6.21 Å². The van der Waals surface area contributed by atoms with E-state index in [9.17, 15) is 0 Å². The zero-order valence-corrected chi connectivity index (χ0v) is 3.70. The van der Waals surface area contributed by atoms with Crippen LogP contribution in [0.1, 0.15) is 0 Å². The summed E-state index contributed by atoms with van der Waals surface area (Å²) in [5.74, 6) is 0. The molecule has 0 radical (unpaired) electrons. The lowest BCUT2D eigenvalue weighted by molar-refractivity contribution is 1.49. The molecule has 0 saturated heterocycles. The molecule has 0 aliphatic carbocycles. The van der Waals surface area contributed by atoms with Crippen LogP contribution < -0.4 is 5.73 Å². The summed E-state index contributed by atoms with van der Waals surface area (Å²) < 4.78 is 0. The van der Waals surface area contributed by atoms with Crippen LogP contribution in [0.2, 0.25) is 0 Å². The van der Waals surface area contributed by atoms with Gasteiger partial charge in [0.05, 0.1) is 0 Å². The molecule has 3 nitrogen and oxygen atoms in total. The molecule has 0 saturated carbocycles. The quantitative estimate of drug-likeness (QED) is 0.466. The molecule has 0 heterocycles. The van der Waals surface area contributed by atoms with Crippen molar-refractivity contribution in [1.82, 2.24) is 0 Å². The topological polar surface area (TPSA) is 62.2 Å². The number of aliphatic imine (C=N–C) groups is 1. The van der Waals surface area contributed by atoms with E-state index < -0.39 is 0 Å². The molecule has 0 aromatic heterocycles. The highest BCUT2D eigenvalue weighted by atomic mass is 14.7.